The van der Waals surface area contributed by atoms with Crippen LogP contribution in [0.5, 0.6) is 11.5 Å². The fourth-order valence-electron chi connectivity index (χ4n) is 1.34. The predicted molar refractivity (Wildman–Crippen MR) is 77.9 cm³/mol. The van der Waals surface area contributed by atoms with Crippen molar-refractivity contribution in [2.24, 2.45) is 0 Å². The Morgan fingerprint density at radius 1 is 0.652 bits per heavy atom. The maximum Gasteiger partial charge on any atom is 2.00 e. The minimum atomic E-state index is -4.53. The van der Waals surface area contributed by atoms with Gasteiger partial charge in [-0.3, -0.25) is 0 Å². The smallest absolute Gasteiger partial charge is 0.744 e. The Bertz CT molecular complexity index is 789. The standard InChI is InChI=1S/2C6H6O4S.Ca/c2*7-5-3-1-2-4-6(5)11(8,9)10;/h2*1-4,7H,(H,8,9,10);/q;;+2/p-2. The summed E-state index contributed by atoms with van der Waals surface area (Å²) in [7, 11) is -9.07. The van der Waals surface area contributed by atoms with E-state index in [0.29, 0.717) is 0 Å². The van der Waals surface area contributed by atoms with Gasteiger partial charge in [0.15, 0.2) is 0 Å². The van der Waals surface area contributed by atoms with E-state index in [0.717, 1.165) is 24.3 Å². The molecule has 0 spiro atoms. The summed E-state index contributed by atoms with van der Waals surface area (Å²) < 4.78 is 62.0. The van der Waals surface area contributed by atoms with E-state index in [4.69, 9.17) is 10.2 Å². The number of benzene rings is 2. The zero-order valence-corrected chi connectivity index (χ0v) is 15.3. The number of aromatic hydroxyl groups is 2. The second kappa shape index (κ2) is 8.83. The van der Waals surface area contributed by atoms with Crippen LogP contribution in [0.3, 0.4) is 0 Å². The van der Waals surface area contributed by atoms with E-state index in [1.807, 2.05) is 0 Å². The van der Waals surface area contributed by atoms with Crippen molar-refractivity contribution < 1.29 is 36.2 Å². The van der Waals surface area contributed by atoms with Gasteiger partial charge in [-0.05, 0) is 24.3 Å². The van der Waals surface area contributed by atoms with Gasteiger partial charge in [0.2, 0.25) is 0 Å². The minimum absolute atomic E-state index is 0. The van der Waals surface area contributed by atoms with Crippen LogP contribution in [0.4, 0.5) is 0 Å². The van der Waals surface area contributed by atoms with Gasteiger partial charge in [0.1, 0.15) is 31.7 Å². The van der Waals surface area contributed by atoms with Gasteiger partial charge < -0.3 is 19.3 Å². The average molecular weight is 386 g/mol. The van der Waals surface area contributed by atoms with Gasteiger partial charge in [-0.1, -0.05) is 24.3 Å². The summed E-state index contributed by atoms with van der Waals surface area (Å²) in [6, 6.07) is 9.99. The van der Waals surface area contributed by atoms with Crippen molar-refractivity contribution in [3.8, 4) is 11.5 Å². The third-order valence-corrected chi connectivity index (χ3v) is 4.04. The molecule has 0 aliphatic heterocycles. The quantitative estimate of drug-likeness (QED) is 0.548. The third-order valence-electron chi connectivity index (χ3n) is 2.27. The average Bonchev–Trinajstić information content (AvgIpc) is 2.37. The second-order valence-electron chi connectivity index (χ2n) is 3.84. The first-order chi connectivity index (χ1) is 10.0. The van der Waals surface area contributed by atoms with E-state index in [1.54, 1.807) is 0 Å². The van der Waals surface area contributed by atoms with Crippen molar-refractivity contribution >= 4 is 58.0 Å². The molecule has 0 aromatic heterocycles. The second-order valence-corrected chi connectivity index (χ2v) is 6.54. The summed E-state index contributed by atoms with van der Waals surface area (Å²) in [6.45, 7) is 0. The Kier molecular flexibility index (Phi) is 8.49. The molecule has 0 radical (unpaired) electrons. The maximum atomic E-state index is 10.3. The normalized spacial score (nSPS) is 10.9. The number of rotatable bonds is 2. The molecule has 2 aromatic rings. The molecule has 0 saturated heterocycles. The molecule has 2 aromatic carbocycles. The minimum Gasteiger partial charge on any atom is -0.744 e. The zero-order valence-electron chi connectivity index (χ0n) is 11.5. The Balaban J connectivity index is 0.000000403. The molecular formula is C12H10CaO8S2. The van der Waals surface area contributed by atoms with Crippen LogP contribution in [-0.4, -0.2) is 73.9 Å². The van der Waals surface area contributed by atoms with Gasteiger partial charge >= 0.3 is 37.7 Å². The van der Waals surface area contributed by atoms with Gasteiger partial charge in [-0.25, -0.2) is 16.8 Å². The molecule has 11 heteroatoms. The largest absolute Gasteiger partial charge is 2.00 e. The van der Waals surface area contributed by atoms with Gasteiger partial charge in [-0.15, -0.1) is 0 Å². The van der Waals surface area contributed by atoms with E-state index in [1.165, 1.54) is 24.3 Å². The van der Waals surface area contributed by atoms with Crippen LogP contribution in [-0.2, 0) is 20.2 Å². The van der Waals surface area contributed by atoms with E-state index >= 15 is 0 Å². The summed E-state index contributed by atoms with van der Waals surface area (Å²) in [5, 5.41) is 17.7. The third kappa shape index (κ3) is 7.04. The summed E-state index contributed by atoms with van der Waals surface area (Å²) in [5.74, 6) is -1.02. The number of phenols is 2. The molecule has 0 atom stereocenters. The van der Waals surface area contributed by atoms with E-state index < -0.39 is 41.5 Å². The first-order valence-electron chi connectivity index (χ1n) is 5.51. The first kappa shape index (κ1) is 22.1. The monoisotopic (exact) mass is 386 g/mol. The fraction of sp³-hybridized carbons (Fsp3) is 0. The Labute approximate surface area is 162 Å². The van der Waals surface area contributed by atoms with Crippen molar-refractivity contribution in [3.05, 3.63) is 48.5 Å². The molecule has 2 N–H and O–H groups in total. The van der Waals surface area contributed by atoms with E-state index in [9.17, 15) is 25.9 Å². The zero-order chi connectivity index (χ0) is 17.0. The van der Waals surface area contributed by atoms with Crippen molar-refractivity contribution in [2.75, 3.05) is 0 Å². The molecule has 0 fully saturated rings. The van der Waals surface area contributed by atoms with Crippen LogP contribution in [0.25, 0.3) is 0 Å². The molecule has 23 heavy (non-hydrogen) atoms. The number of hydrogen-bond donors (Lipinski definition) is 2. The van der Waals surface area contributed by atoms with Crippen LogP contribution < -0.4 is 0 Å². The molecule has 0 unspecified atom stereocenters. The summed E-state index contributed by atoms with van der Waals surface area (Å²) in [6.07, 6.45) is 0. The van der Waals surface area contributed by atoms with Crippen molar-refractivity contribution in [3.63, 3.8) is 0 Å². The molecule has 0 saturated carbocycles. The van der Waals surface area contributed by atoms with Gasteiger partial charge in [0.05, 0.1) is 9.79 Å². The van der Waals surface area contributed by atoms with Gasteiger partial charge in [0, 0.05) is 0 Å². The number of para-hydroxylation sites is 2. The van der Waals surface area contributed by atoms with Crippen molar-refractivity contribution in [1.82, 2.24) is 0 Å². The van der Waals surface area contributed by atoms with E-state index in [2.05, 4.69) is 0 Å². The number of phenolic OH excluding ortho intramolecular Hbond substituents is 2. The van der Waals surface area contributed by atoms with Gasteiger partial charge in [0.25, 0.3) is 0 Å². The molecular weight excluding hydrogens is 376 g/mol. The summed E-state index contributed by atoms with van der Waals surface area (Å²) in [5.41, 5.74) is 0. The fourth-order valence-corrected chi connectivity index (χ4v) is 2.48. The predicted octanol–water partition coefficient (Wildman–Crippen LogP) is 0.212. The van der Waals surface area contributed by atoms with Crippen molar-refractivity contribution in [1.29, 1.82) is 0 Å². The van der Waals surface area contributed by atoms with Gasteiger partial charge in [-0.2, -0.15) is 0 Å². The molecule has 0 bridgehead atoms. The van der Waals surface area contributed by atoms with Crippen LogP contribution in [0.1, 0.15) is 0 Å². The van der Waals surface area contributed by atoms with E-state index in [-0.39, 0.29) is 37.7 Å². The molecule has 2 rings (SSSR count). The molecule has 0 aliphatic rings. The topological polar surface area (TPSA) is 155 Å². The summed E-state index contributed by atoms with van der Waals surface area (Å²) in [4.78, 5) is -1.17. The first-order valence-corrected chi connectivity index (χ1v) is 8.33. The number of hydrogen-bond acceptors (Lipinski definition) is 8. The summed E-state index contributed by atoms with van der Waals surface area (Å²) >= 11 is 0. The molecule has 120 valence electrons. The molecule has 8 nitrogen and oxygen atoms in total. The molecule has 0 aliphatic carbocycles. The van der Waals surface area contributed by atoms with Crippen molar-refractivity contribution in [2.45, 2.75) is 9.79 Å². The van der Waals surface area contributed by atoms with Crippen LogP contribution >= 0.6 is 0 Å². The Morgan fingerprint density at radius 2 is 0.913 bits per heavy atom. The van der Waals surface area contributed by atoms with Crippen LogP contribution in [0.15, 0.2) is 58.3 Å². The Morgan fingerprint density at radius 3 is 1.09 bits per heavy atom. The molecule has 0 amide bonds. The SMILES string of the molecule is O=S(=O)([O-])c1ccccc1O.O=S(=O)([O-])c1ccccc1O.[Ca+2]. The Hall–Kier alpha value is -0.880. The van der Waals surface area contributed by atoms with Crippen LogP contribution in [0.2, 0.25) is 0 Å². The molecule has 0 heterocycles. The van der Waals surface area contributed by atoms with Crippen LogP contribution in [0, 0.1) is 0 Å². The maximum absolute atomic E-state index is 10.3.